The number of ether oxygens (including phenoxy) is 2. The molecule has 29 heteroatoms. The molecule has 29 nitrogen and oxygen atoms in total. The largest absolute Gasteiger partial charge is 0.496 e. The Kier molecular flexibility index (Phi) is 36.4. The molecule has 0 aliphatic carbocycles. The molecule has 0 saturated carbocycles. The van der Waals surface area contributed by atoms with E-state index in [4.69, 9.17) is 9.47 Å². The van der Waals surface area contributed by atoms with Gasteiger partial charge in [-0.15, -0.1) is 0 Å². The van der Waals surface area contributed by atoms with Gasteiger partial charge in [0.25, 0.3) is 5.91 Å². The van der Waals surface area contributed by atoms with E-state index >= 15 is 28.8 Å². The summed E-state index contributed by atoms with van der Waals surface area (Å²) in [5.41, 5.74) is 0.486. The van der Waals surface area contributed by atoms with Crippen LogP contribution in [0.1, 0.15) is 176 Å². The Labute approximate surface area is 640 Å². The van der Waals surface area contributed by atoms with Crippen LogP contribution in [0.15, 0.2) is 48.5 Å². The molecule has 0 bridgehead atoms. The summed E-state index contributed by atoms with van der Waals surface area (Å²) < 4.78 is 11.8. The number of nitrogens with one attached hydrogen (secondary N) is 6. The standard InChI is InChI=1S/C79H127N13O16/c1-22-51(10)67-78(106)89(19)61(40-50(8)9)72(100)85-68(52(11)93)77(105)86(16)45-66(96)92(36-33-54-31-32-55(69(97)80-15)63(42-54)107-21)44-65(95)82-58(46-108-79(12,13)14)74(102)90(20)62(41-53-29-25-23-26-30-53)76(104)88(18)59(38-48(4)5)70(98)83-57(75(103)91-34-27-24-28-35-91)43-64(94)81-56(37-47(2)3)73(101)87(17)60(39-49(6)7)71(99)84-67/h23,25-26,29-32,42,47-52,56-62,67-68,93H,22,24,27-28,33-41,43-46H2,1-21H3,(H,80,97)(H,81,94)(H,82,95)(H,83,98)(H,84,99)(H,85,100)/t51-,52+,56+,57-,58-,59-,60-,61-,62-,67-,68-/m0/s1. The van der Waals surface area contributed by atoms with Crippen molar-refractivity contribution in [2.24, 2.45) is 29.6 Å². The highest BCUT2D eigenvalue weighted by Crippen LogP contribution is 2.25. The van der Waals surface area contributed by atoms with Crippen LogP contribution >= 0.6 is 0 Å². The van der Waals surface area contributed by atoms with Crippen molar-refractivity contribution in [2.45, 2.75) is 234 Å². The number of rotatable bonds is 21. The predicted molar refractivity (Wildman–Crippen MR) is 410 cm³/mol. The van der Waals surface area contributed by atoms with Crippen molar-refractivity contribution >= 4 is 76.8 Å². The molecule has 604 valence electrons. The number of aliphatic hydroxyl groups excluding tert-OH is 1. The zero-order chi connectivity index (χ0) is 81.4. The summed E-state index contributed by atoms with van der Waals surface area (Å²) in [4.78, 5) is 202. The molecular weight excluding hydrogens is 1390 g/mol. The lowest BCUT2D eigenvalue weighted by Gasteiger charge is -2.37. The van der Waals surface area contributed by atoms with Gasteiger partial charge in [-0.25, -0.2) is 0 Å². The van der Waals surface area contributed by atoms with Crippen molar-refractivity contribution in [1.82, 2.24) is 66.2 Å². The molecule has 11 atom stereocenters. The molecule has 0 radical (unpaired) electrons. The number of methoxy groups -OCH3 is 1. The number of piperidine rings is 1. The number of carbonyl (C=O) groups excluding carboxylic acids is 13. The maximum atomic E-state index is 15.7. The normalized spacial score (nSPS) is 23.7. The van der Waals surface area contributed by atoms with Gasteiger partial charge in [-0.05, 0) is 132 Å². The summed E-state index contributed by atoms with van der Waals surface area (Å²) in [6, 6.07) is 0.982. The van der Waals surface area contributed by atoms with E-state index in [-0.39, 0.29) is 80.1 Å². The van der Waals surface area contributed by atoms with Crippen molar-refractivity contribution < 1.29 is 76.9 Å². The minimum Gasteiger partial charge on any atom is -0.496 e. The fourth-order valence-corrected chi connectivity index (χ4v) is 13.3. The van der Waals surface area contributed by atoms with Crippen molar-refractivity contribution in [3.63, 3.8) is 0 Å². The number of likely N-dealkylation sites (tertiary alicyclic amines) is 1. The van der Waals surface area contributed by atoms with Crippen LogP contribution in [0.4, 0.5) is 0 Å². The van der Waals surface area contributed by atoms with Gasteiger partial charge in [-0.3, -0.25) is 62.3 Å². The highest BCUT2D eigenvalue weighted by molar-refractivity contribution is 6.00. The van der Waals surface area contributed by atoms with Gasteiger partial charge >= 0.3 is 0 Å². The van der Waals surface area contributed by atoms with E-state index in [1.165, 1.54) is 77.1 Å². The smallest absolute Gasteiger partial charge is 0.254 e. The van der Waals surface area contributed by atoms with Crippen LogP contribution in [0.2, 0.25) is 0 Å². The SMILES string of the molecule is CC[C@H](C)[C@@H]1NC(=O)[C@H](CC(C)C)N(C)C(=O)[C@@H](CC(C)C)NC(=O)C[C@@H](C(=O)N2CCCCC2)NC(=O)[C@H](CC(C)C)N(C)C(=O)[C@H](Cc2ccccc2)N(C)C(=O)[C@H](COC(C)(C)C)NC(=O)CN(CCc2ccc(C(=O)NC)c(OC)c2)C(=O)CN(C)C(=O)[C@H]([C@@H](C)O)NC(=O)[C@H](CC(C)C)N(C)C1=O. The zero-order valence-corrected chi connectivity index (χ0v) is 68.0. The lowest BCUT2D eigenvalue weighted by atomic mass is 9.94. The van der Waals surface area contributed by atoms with Crippen molar-refractivity contribution in [3.8, 4) is 5.75 Å². The number of benzene rings is 2. The van der Waals surface area contributed by atoms with Crippen LogP contribution in [-0.2, 0) is 75.1 Å². The fraction of sp³-hybridized carbons (Fsp3) is 0.684. The first-order valence-electron chi connectivity index (χ1n) is 38.2. The molecule has 0 spiro atoms. The lowest BCUT2D eigenvalue weighted by molar-refractivity contribution is -0.151. The molecule has 2 fully saturated rings. The summed E-state index contributed by atoms with van der Waals surface area (Å²) in [5, 5.41) is 28.0. The van der Waals surface area contributed by atoms with Gasteiger partial charge in [0.1, 0.15) is 60.1 Å². The van der Waals surface area contributed by atoms with Crippen LogP contribution in [0, 0.1) is 29.6 Å². The number of carbonyl (C=O) groups is 13. The van der Waals surface area contributed by atoms with Gasteiger partial charge in [0, 0.05) is 68.3 Å². The summed E-state index contributed by atoms with van der Waals surface area (Å²) in [7, 11) is 9.73. The third-order valence-corrected chi connectivity index (χ3v) is 19.8. The average molecular weight is 1510 g/mol. The van der Waals surface area contributed by atoms with Crippen molar-refractivity contribution in [2.75, 3.05) is 88.7 Å². The summed E-state index contributed by atoms with van der Waals surface area (Å²) >= 11 is 0. The molecule has 7 N–H and O–H groups in total. The second-order valence-corrected chi connectivity index (χ2v) is 31.9. The molecule has 2 aliphatic heterocycles. The minimum atomic E-state index is -1.72. The van der Waals surface area contributed by atoms with Crippen LogP contribution in [0.3, 0.4) is 0 Å². The van der Waals surface area contributed by atoms with Gasteiger partial charge in [0.05, 0.1) is 50.5 Å². The Morgan fingerprint density at radius 1 is 0.574 bits per heavy atom. The molecule has 2 saturated heterocycles. The van der Waals surface area contributed by atoms with E-state index in [1.54, 1.807) is 75.1 Å². The maximum Gasteiger partial charge on any atom is 0.254 e. The van der Waals surface area contributed by atoms with Crippen molar-refractivity contribution in [1.29, 1.82) is 0 Å². The predicted octanol–water partition coefficient (Wildman–Crippen LogP) is 3.70. The van der Waals surface area contributed by atoms with E-state index in [9.17, 15) is 38.7 Å². The second kappa shape index (κ2) is 42.9. The number of nitrogens with zero attached hydrogens (tertiary/aromatic N) is 7. The average Bonchev–Trinajstić information content (AvgIpc) is 0.797. The number of hydrogen-bond acceptors (Lipinski definition) is 16. The molecule has 108 heavy (non-hydrogen) atoms. The van der Waals surface area contributed by atoms with E-state index in [0.717, 1.165) is 21.1 Å². The Bertz CT molecular complexity index is 3390. The molecule has 2 aromatic rings. The van der Waals surface area contributed by atoms with Crippen LogP contribution in [-0.4, -0.2) is 271 Å². The third-order valence-electron chi connectivity index (χ3n) is 19.8. The molecule has 0 unspecified atom stereocenters. The van der Waals surface area contributed by atoms with Crippen molar-refractivity contribution in [3.05, 3.63) is 65.2 Å². The molecule has 2 heterocycles. The van der Waals surface area contributed by atoms with Gasteiger partial charge in [0.2, 0.25) is 70.9 Å². The Balaban J connectivity index is 2.02. The van der Waals surface area contributed by atoms with E-state index in [2.05, 4.69) is 31.9 Å². The highest BCUT2D eigenvalue weighted by Gasteiger charge is 2.44. The molecule has 2 aliphatic rings. The Morgan fingerprint density at radius 3 is 1.58 bits per heavy atom. The first-order chi connectivity index (χ1) is 50.5. The van der Waals surface area contributed by atoms with Gasteiger partial charge < -0.3 is 80.8 Å². The van der Waals surface area contributed by atoms with Gasteiger partial charge in [-0.2, -0.15) is 0 Å². The first kappa shape index (κ1) is 91.7. The van der Waals surface area contributed by atoms with E-state index in [1.807, 2.05) is 62.3 Å². The van der Waals surface area contributed by atoms with Crippen LogP contribution in [0.5, 0.6) is 5.75 Å². The number of aliphatic hydroxyl groups is 1. The fourth-order valence-electron chi connectivity index (χ4n) is 13.3. The molecule has 13 amide bonds. The lowest BCUT2D eigenvalue weighted by Crippen LogP contribution is -2.62. The summed E-state index contributed by atoms with van der Waals surface area (Å²) in [6.07, 6.45) is 0.467. The Morgan fingerprint density at radius 2 is 1.07 bits per heavy atom. The second-order valence-electron chi connectivity index (χ2n) is 31.9. The first-order valence-corrected chi connectivity index (χ1v) is 38.2. The van der Waals surface area contributed by atoms with Crippen LogP contribution in [0.25, 0.3) is 0 Å². The third kappa shape index (κ3) is 27.4. The minimum absolute atomic E-state index is 0.0326. The number of hydrogen-bond donors (Lipinski definition) is 7. The summed E-state index contributed by atoms with van der Waals surface area (Å²) in [6.45, 7) is 23.3. The van der Waals surface area contributed by atoms with Gasteiger partial charge in [-0.1, -0.05) is 112 Å². The molecular formula is C79H127N13O16. The quantitative estimate of drug-likeness (QED) is 0.0937. The maximum absolute atomic E-state index is 15.7. The Hall–Kier alpha value is -8.73. The van der Waals surface area contributed by atoms with Crippen LogP contribution < -0.4 is 36.6 Å². The molecule has 0 aromatic heterocycles. The monoisotopic (exact) mass is 1510 g/mol. The topological polar surface area (TPSA) is 355 Å². The summed E-state index contributed by atoms with van der Waals surface area (Å²) in [5.74, 6) is -10.9. The van der Waals surface area contributed by atoms with E-state index in [0.29, 0.717) is 43.5 Å². The van der Waals surface area contributed by atoms with E-state index < -0.39 is 175 Å². The number of amides is 13. The highest BCUT2D eigenvalue weighted by atomic mass is 16.5. The molecule has 2 aromatic carbocycles. The number of likely N-dealkylation sites (N-methyl/N-ethyl adjacent to an activating group) is 5. The van der Waals surface area contributed by atoms with Gasteiger partial charge in [0.15, 0.2) is 0 Å². The molecule has 4 rings (SSSR count). The zero-order valence-electron chi connectivity index (χ0n) is 68.0.